The highest BCUT2D eigenvalue weighted by Crippen LogP contribution is 2.29. The van der Waals surface area contributed by atoms with Crippen LogP contribution in [0.1, 0.15) is 21.5 Å². The van der Waals surface area contributed by atoms with Crippen LogP contribution < -0.4 is 15.4 Å². The van der Waals surface area contributed by atoms with Crippen LogP contribution in [-0.4, -0.2) is 45.7 Å². The third-order valence-corrected chi connectivity index (χ3v) is 5.88. The van der Waals surface area contributed by atoms with E-state index in [0.29, 0.717) is 52.9 Å². The van der Waals surface area contributed by atoms with Crippen LogP contribution in [0.2, 0.25) is 0 Å². The van der Waals surface area contributed by atoms with E-state index < -0.39 is 0 Å². The topological polar surface area (TPSA) is 107 Å². The number of anilines is 1. The summed E-state index contributed by atoms with van der Waals surface area (Å²) >= 11 is 1.26. The fourth-order valence-corrected chi connectivity index (χ4v) is 4.01. The van der Waals surface area contributed by atoms with Gasteiger partial charge in [0.25, 0.3) is 5.91 Å². The number of ether oxygens (including phenoxy) is 2. The minimum Gasteiger partial charge on any atom is -0.467 e. The molecule has 1 aliphatic heterocycles. The Morgan fingerprint density at radius 2 is 2.15 bits per heavy atom. The molecule has 0 bridgehead atoms. The number of amides is 2. The number of hydrogen-bond donors (Lipinski definition) is 2. The van der Waals surface area contributed by atoms with Gasteiger partial charge in [-0.15, -0.1) is 10.2 Å². The molecule has 1 aromatic heterocycles. The summed E-state index contributed by atoms with van der Waals surface area (Å²) in [5.74, 6) is -0.117. The van der Waals surface area contributed by atoms with Crippen molar-refractivity contribution in [2.75, 3.05) is 24.4 Å². The lowest BCUT2D eigenvalue weighted by Crippen LogP contribution is -2.26. The summed E-state index contributed by atoms with van der Waals surface area (Å²) < 4.78 is 26.3. The van der Waals surface area contributed by atoms with Gasteiger partial charge in [0.1, 0.15) is 17.9 Å². The Kier molecular flexibility index (Phi) is 7.20. The number of aromatic nitrogens is 3. The van der Waals surface area contributed by atoms with E-state index in [9.17, 15) is 14.0 Å². The Morgan fingerprint density at radius 3 is 2.97 bits per heavy atom. The number of halogens is 1. The molecular weight excluding hydrogens is 449 g/mol. The number of carbonyl (C=O) groups is 2. The molecule has 0 radical (unpaired) electrons. The summed E-state index contributed by atoms with van der Waals surface area (Å²) in [7, 11) is 1.80. The minimum atomic E-state index is -0.370. The van der Waals surface area contributed by atoms with E-state index in [1.54, 1.807) is 42.2 Å². The van der Waals surface area contributed by atoms with Crippen molar-refractivity contribution in [1.29, 1.82) is 0 Å². The second-order valence-corrected chi connectivity index (χ2v) is 8.25. The molecule has 2 heterocycles. The number of nitrogens with zero attached hydrogens (tertiary/aromatic N) is 3. The zero-order valence-corrected chi connectivity index (χ0v) is 18.7. The highest BCUT2D eigenvalue weighted by atomic mass is 32.2. The van der Waals surface area contributed by atoms with Crippen molar-refractivity contribution in [3.63, 3.8) is 0 Å². The number of rotatable bonds is 8. The van der Waals surface area contributed by atoms with E-state index in [-0.39, 0.29) is 30.2 Å². The normalized spacial score (nSPS) is 12.5. The molecule has 0 spiro atoms. The van der Waals surface area contributed by atoms with Crippen molar-refractivity contribution in [1.82, 2.24) is 20.1 Å². The molecule has 33 heavy (non-hydrogen) atoms. The summed E-state index contributed by atoms with van der Waals surface area (Å²) in [5.41, 5.74) is 2.25. The van der Waals surface area contributed by atoms with Crippen LogP contribution in [0.5, 0.6) is 5.75 Å². The van der Waals surface area contributed by atoms with Crippen molar-refractivity contribution < 1.29 is 23.5 Å². The van der Waals surface area contributed by atoms with Gasteiger partial charge in [-0.25, -0.2) is 4.39 Å². The monoisotopic (exact) mass is 471 g/mol. The molecule has 0 aliphatic carbocycles. The maximum atomic E-state index is 13.9. The predicted octanol–water partition coefficient (Wildman–Crippen LogP) is 2.52. The van der Waals surface area contributed by atoms with Crippen LogP contribution in [0.15, 0.2) is 47.9 Å². The number of fused-ring (bicyclic) bond motifs is 1. The minimum absolute atomic E-state index is 0.119. The molecule has 0 atom stereocenters. The van der Waals surface area contributed by atoms with E-state index in [1.807, 2.05) is 0 Å². The SMILES string of the molecule is Cn1cnnc1SCC(=O)Nc1cccc(C(=O)NCCc2cc(F)cc3c2OCOC3)c1. The highest BCUT2D eigenvalue weighted by Gasteiger charge is 2.17. The Morgan fingerprint density at radius 1 is 1.27 bits per heavy atom. The average Bonchev–Trinajstić information content (AvgIpc) is 3.22. The fourth-order valence-electron chi connectivity index (χ4n) is 3.32. The molecule has 0 unspecified atom stereocenters. The summed E-state index contributed by atoms with van der Waals surface area (Å²) in [5, 5.41) is 13.9. The van der Waals surface area contributed by atoms with Crippen molar-refractivity contribution in [2.45, 2.75) is 18.2 Å². The van der Waals surface area contributed by atoms with E-state index in [4.69, 9.17) is 9.47 Å². The summed E-state index contributed by atoms with van der Waals surface area (Å²) in [6.45, 7) is 0.708. The standard InChI is InChI=1S/C22H22FN5O4S/c1-28-12-25-27-22(28)33-11-19(29)26-18-4-2-3-15(9-18)21(30)24-6-5-14-7-17(23)8-16-10-31-13-32-20(14)16/h2-4,7-9,12H,5-6,10-11,13H2,1H3,(H,24,30)(H,26,29). The number of carbonyl (C=O) groups excluding carboxylic acids is 2. The van der Waals surface area contributed by atoms with E-state index in [2.05, 4.69) is 20.8 Å². The molecule has 0 saturated heterocycles. The lowest BCUT2D eigenvalue weighted by atomic mass is 10.1. The maximum Gasteiger partial charge on any atom is 0.251 e. The highest BCUT2D eigenvalue weighted by molar-refractivity contribution is 7.99. The molecular formula is C22H22FN5O4S. The summed E-state index contributed by atoms with van der Waals surface area (Å²) in [6, 6.07) is 9.46. The number of hydrogen-bond acceptors (Lipinski definition) is 7. The molecule has 2 amide bonds. The Balaban J connectivity index is 1.30. The lowest BCUT2D eigenvalue weighted by molar-refractivity contribution is -0.113. The van der Waals surface area contributed by atoms with Crippen LogP contribution in [0.4, 0.5) is 10.1 Å². The molecule has 0 fully saturated rings. The van der Waals surface area contributed by atoms with Crippen LogP contribution in [0.25, 0.3) is 0 Å². The first-order chi connectivity index (χ1) is 16.0. The zero-order valence-electron chi connectivity index (χ0n) is 17.8. The van der Waals surface area contributed by atoms with Crippen molar-refractivity contribution in [2.24, 2.45) is 7.05 Å². The second-order valence-electron chi connectivity index (χ2n) is 7.31. The van der Waals surface area contributed by atoms with Gasteiger partial charge in [0.05, 0.1) is 12.4 Å². The van der Waals surface area contributed by atoms with Gasteiger partial charge < -0.3 is 24.7 Å². The summed E-state index contributed by atoms with van der Waals surface area (Å²) in [4.78, 5) is 24.8. The lowest BCUT2D eigenvalue weighted by Gasteiger charge is -2.21. The van der Waals surface area contributed by atoms with Crippen LogP contribution in [0, 0.1) is 5.82 Å². The Labute approximate surface area is 193 Å². The molecule has 2 N–H and O–H groups in total. The van der Waals surface area contributed by atoms with Gasteiger partial charge in [-0.2, -0.15) is 0 Å². The van der Waals surface area contributed by atoms with Crippen molar-refractivity contribution in [3.05, 3.63) is 65.2 Å². The largest absolute Gasteiger partial charge is 0.467 e. The molecule has 4 rings (SSSR count). The van der Waals surface area contributed by atoms with E-state index in [0.717, 1.165) is 0 Å². The van der Waals surface area contributed by atoms with Gasteiger partial charge in [-0.05, 0) is 42.3 Å². The molecule has 1 aliphatic rings. The number of benzene rings is 2. The van der Waals surface area contributed by atoms with Gasteiger partial charge in [-0.3, -0.25) is 9.59 Å². The fraction of sp³-hybridized carbons (Fsp3) is 0.273. The molecule has 3 aromatic rings. The first kappa shape index (κ1) is 22.7. The number of nitrogens with one attached hydrogen (secondary N) is 2. The molecule has 9 nitrogen and oxygen atoms in total. The molecule has 0 saturated carbocycles. The smallest absolute Gasteiger partial charge is 0.251 e. The van der Waals surface area contributed by atoms with Crippen molar-refractivity contribution in [3.8, 4) is 5.75 Å². The Hall–Kier alpha value is -3.44. The third kappa shape index (κ3) is 5.88. The van der Waals surface area contributed by atoms with E-state index >= 15 is 0 Å². The van der Waals surface area contributed by atoms with Crippen molar-refractivity contribution >= 4 is 29.3 Å². The number of thioether (sulfide) groups is 1. The van der Waals surface area contributed by atoms with Gasteiger partial charge in [-0.1, -0.05) is 17.8 Å². The first-order valence-corrected chi connectivity index (χ1v) is 11.1. The predicted molar refractivity (Wildman–Crippen MR) is 120 cm³/mol. The molecule has 2 aromatic carbocycles. The van der Waals surface area contributed by atoms with Crippen LogP contribution in [0.3, 0.4) is 0 Å². The second kappa shape index (κ2) is 10.5. The maximum absolute atomic E-state index is 13.9. The van der Waals surface area contributed by atoms with Gasteiger partial charge in [0.2, 0.25) is 5.91 Å². The zero-order chi connectivity index (χ0) is 23.2. The summed E-state index contributed by atoms with van der Waals surface area (Å²) in [6.07, 6.45) is 1.97. The van der Waals surface area contributed by atoms with Gasteiger partial charge >= 0.3 is 0 Å². The average molecular weight is 472 g/mol. The van der Waals surface area contributed by atoms with E-state index in [1.165, 1.54) is 23.9 Å². The molecule has 11 heteroatoms. The molecule has 172 valence electrons. The van der Waals surface area contributed by atoms with Gasteiger partial charge in [0, 0.05) is 30.4 Å². The van der Waals surface area contributed by atoms with Crippen LogP contribution in [-0.2, 0) is 29.6 Å². The van der Waals surface area contributed by atoms with Crippen LogP contribution >= 0.6 is 11.8 Å². The third-order valence-electron chi connectivity index (χ3n) is 4.84. The number of aryl methyl sites for hydroxylation is 1. The Bertz CT molecular complexity index is 1170. The quantitative estimate of drug-likeness (QED) is 0.486. The van der Waals surface area contributed by atoms with Gasteiger partial charge in [0.15, 0.2) is 11.9 Å². The first-order valence-electron chi connectivity index (χ1n) is 10.2.